The average Bonchev–Trinajstić information content (AvgIpc) is 2.53. The number of hydrogen-bond donors (Lipinski definition) is 3. The quantitative estimate of drug-likeness (QED) is 0.731. The molecule has 7 heteroatoms. The molecule has 0 radical (unpaired) electrons. The first-order valence-corrected chi connectivity index (χ1v) is 8.24. The van der Waals surface area contributed by atoms with Crippen molar-refractivity contribution in [1.29, 1.82) is 0 Å². The summed E-state index contributed by atoms with van der Waals surface area (Å²) in [5, 5.41) is 2.62. The molecule has 1 amide bonds. The van der Waals surface area contributed by atoms with Crippen LogP contribution in [0, 0.1) is 5.41 Å². The van der Waals surface area contributed by atoms with Crippen LogP contribution in [0.4, 0.5) is 11.4 Å². The summed E-state index contributed by atoms with van der Waals surface area (Å²) in [7, 11) is 1.49. The minimum absolute atomic E-state index is 0.0739. The van der Waals surface area contributed by atoms with Crippen molar-refractivity contribution in [1.82, 2.24) is 4.98 Å². The van der Waals surface area contributed by atoms with Crippen LogP contribution in [-0.4, -0.2) is 23.8 Å². The lowest BCUT2D eigenvalue weighted by molar-refractivity contribution is 0.0910. The number of ether oxygens (including phenoxy) is 1. The van der Waals surface area contributed by atoms with Gasteiger partial charge < -0.3 is 20.8 Å². The number of rotatable bonds is 3. The Hall–Kier alpha value is -3.09. The molecule has 26 heavy (non-hydrogen) atoms. The Labute approximate surface area is 150 Å². The maximum absolute atomic E-state index is 12.5. The molecule has 2 aromatic rings. The highest BCUT2D eigenvalue weighted by molar-refractivity contribution is 6.07. The number of aromatic nitrogens is 1. The van der Waals surface area contributed by atoms with Crippen LogP contribution in [0.25, 0.3) is 0 Å². The molecule has 0 fully saturated rings. The fraction of sp³-hybridized carbons (Fsp3) is 0.316. The zero-order valence-electron chi connectivity index (χ0n) is 14.9. The number of benzene rings is 1. The van der Waals surface area contributed by atoms with E-state index in [-0.39, 0.29) is 16.8 Å². The first-order valence-electron chi connectivity index (χ1n) is 8.24. The molecule has 0 unspecified atom stereocenters. The van der Waals surface area contributed by atoms with E-state index in [2.05, 4.69) is 10.3 Å². The van der Waals surface area contributed by atoms with E-state index in [4.69, 9.17) is 10.5 Å². The number of nitrogen functional groups attached to an aromatic ring is 1. The molecule has 1 aliphatic rings. The zero-order valence-corrected chi connectivity index (χ0v) is 14.9. The van der Waals surface area contributed by atoms with Gasteiger partial charge in [-0.3, -0.25) is 14.4 Å². The highest BCUT2D eigenvalue weighted by Crippen LogP contribution is 2.33. The third kappa shape index (κ3) is 3.33. The summed E-state index contributed by atoms with van der Waals surface area (Å²) < 4.78 is 5.07. The van der Waals surface area contributed by atoms with E-state index in [0.29, 0.717) is 41.2 Å². The van der Waals surface area contributed by atoms with Crippen molar-refractivity contribution >= 4 is 23.1 Å². The number of ketones is 1. The molecule has 0 atom stereocenters. The van der Waals surface area contributed by atoms with E-state index < -0.39 is 11.5 Å². The summed E-state index contributed by atoms with van der Waals surface area (Å²) in [6.07, 6.45) is 0.961. The number of carbonyl (C=O) groups is 2. The summed E-state index contributed by atoms with van der Waals surface area (Å²) in [6, 6.07) is 6.16. The van der Waals surface area contributed by atoms with Gasteiger partial charge in [0.2, 0.25) is 0 Å². The van der Waals surface area contributed by atoms with Gasteiger partial charge in [-0.1, -0.05) is 13.8 Å². The Morgan fingerprint density at radius 2 is 1.96 bits per heavy atom. The molecule has 0 bridgehead atoms. The second-order valence-corrected chi connectivity index (χ2v) is 7.26. The first-order chi connectivity index (χ1) is 12.2. The predicted molar refractivity (Wildman–Crippen MR) is 98.9 cm³/mol. The van der Waals surface area contributed by atoms with Crippen LogP contribution in [0.3, 0.4) is 0 Å². The van der Waals surface area contributed by atoms with Crippen molar-refractivity contribution in [2.45, 2.75) is 26.7 Å². The molecule has 7 nitrogen and oxygen atoms in total. The summed E-state index contributed by atoms with van der Waals surface area (Å²) in [4.78, 5) is 39.9. The molecule has 1 aromatic carbocycles. The third-order valence-corrected chi connectivity index (χ3v) is 4.45. The van der Waals surface area contributed by atoms with Gasteiger partial charge in [-0.05, 0) is 36.1 Å². The van der Waals surface area contributed by atoms with Crippen LogP contribution in [0.5, 0.6) is 5.75 Å². The number of carbonyl (C=O) groups excluding carboxylic acids is 2. The van der Waals surface area contributed by atoms with Crippen LogP contribution < -0.4 is 21.3 Å². The van der Waals surface area contributed by atoms with Gasteiger partial charge >= 0.3 is 0 Å². The van der Waals surface area contributed by atoms with E-state index in [1.807, 2.05) is 13.8 Å². The van der Waals surface area contributed by atoms with Gasteiger partial charge in [0.25, 0.3) is 11.5 Å². The molecule has 3 rings (SSSR count). The summed E-state index contributed by atoms with van der Waals surface area (Å²) in [6.45, 7) is 3.95. The molecule has 4 N–H and O–H groups in total. The summed E-state index contributed by atoms with van der Waals surface area (Å²) in [5.74, 6) is -0.186. The lowest BCUT2D eigenvalue weighted by Crippen LogP contribution is -2.32. The first kappa shape index (κ1) is 17.7. The smallest absolute Gasteiger partial charge is 0.261 e. The van der Waals surface area contributed by atoms with Gasteiger partial charge in [0, 0.05) is 23.4 Å². The van der Waals surface area contributed by atoms with Crippen molar-refractivity contribution in [3.8, 4) is 5.75 Å². The van der Waals surface area contributed by atoms with Crippen molar-refractivity contribution in [2.24, 2.45) is 5.41 Å². The zero-order chi connectivity index (χ0) is 19.1. The number of hydrogen-bond acceptors (Lipinski definition) is 5. The largest absolute Gasteiger partial charge is 0.495 e. The molecule has 0 saturated heterocycles. The number of methoxy groups -OCH3 is 1. The van der Waals surface area contributed by atoms with Crippen molar-refractivity contribution in [3.63, 3.8) is 0 Å². The van der Waals surface area contributed by atoms with Crippen LogP contribution in [-0.2, 0) is 6.42 Å². The maximum Gasteiger partial charge on any atom is 0.261 e. The number of anilines is 2. The third-order valence-electron chi connectivity index (χ3n) is 4.45. The number of pyridine rings is 1. The lowest BCUT2D eigenvalue weighted by atomic mass is 9.75. The Morgan fingerprint density at radius 1 is 1.23 bits per heavy atom. The molecule has 0 aliphatic heterocycles. The normalized spacial score (nSPS) is 15.3. The van der Waals surface area contributed by atoms with E-state index in [1.165, 1.54) is 19.2 Å². The van der Waals surface area contributed by atoms with Crippen molar-refractivity contribution in [3.05, 3.63) is 51.4 Å². The maximum atomic E-state index is 12.5. The molecule has 0 spiro atoms. The number of nitrogens with one attached hydrogen (secondary N) is 2. The Morgan fingerprint density at radius 3 is 2.62 bits per heavy atom. The van der Waals surface area contributed by atoms with E-state index in [1.54, 1.807) is 12.1 Å². The standard InChI is InChI=1S/C19H21N3O4/c1-19(2)8-14-11(15(23)9-19)7-12(18(25)22-14)17(24)21-10-4-5-16(26-3)13(20)6-10/h4-7H,8-9,20H2,1-3H3,(H,21,24)(H,22,25). The SMILES string of the molecule is COc1ccc(NC(=O)c2cc3c([nH]c2=O)CC(C)(C)CC3=O)cc1N. The van der Waals surface area contributed by atoms with Gasteiger partial charge in [0.15, 0.2) is 5.78 Å². The van der Waals surface area contributed by atoms with E-state index >= 15 is 0 Å². The topological polar surface area (TPSA) is 114 Å². The Balaban J connectivity index is 1.91. The molecule has 0 saturated carbocycles. The van der Waals surface area contributed by atoms with Crippen LogP contribution in [0.15, 0.2) is 29.1 Å². The number of amides is 1. The second kappa shape index (κ2) is 6.33. The monoisotopic (exact) mass is 355 g/mol. The molecule has 1 heterocycles. The van der Waals surface area contributed by atoms with Gasteiger partial charge in [-0.15, -0.1) is 0 Å². The number of nitrogens with two attached hydrogens (primary N) is 1. The molecule has 1 aromatic heterocycles. The van der Waals surface area contributed by atoms with E-state index in [0.717, 1.165) is 0 Å². The molecule has 1 aliphatic carbocycles. The fourth-order valence-corrected chi connectivity index (χ4v) is 3.21. The van der Waals surface area contributed by atoms with Crippen LogP contribution in [0.1, 0.15) is 46.7 Å². The van der Waals surface area contributed by atoms with E-state index in [9.17, 15) is 14.4 Å². The van der Waals surface area contributed by atoms with Gasteiger partial charge in [-0.2, -0.15) is 0 Å². The Bertz CT molecular complexity index is 960. The number of Topliss-reactive ketones (excluding diaryl/α,β-unsaturated/α-hetero) is 1. The van der Waals surface area contributed by atoms with Gasteiger partial charge in [0.1, 0.15) is 11.3 Å². The Kier molecular flexibility index (Phi) is 4.31. The molecular weight excluding hydrogens is 334 g/mol. The minimum atomic E-state index is -0.601. The fourth-order valence-electron chi connectivity index (χ4n) is 3.21. The number of H-pyrrole nitrogens is 1. The average molecular weight is 355 g/mol. The summed E-state index contributed by atoms with van der Waals surface area (Å²) in [5.41, 5.74) is 6.77. The number of fused-ring (bicyclic) bond motifs is 1. The minimum Gasteiger partial charge on any atom is -0.495 e. The summed E-state index contributed by atoms with van der Waals surface area (Å²) >= 11 is 0. The lowest BCUT2D eigenvalue weighted by Gasteiger charge is -2.29. The highest BCUT2D eigenvalue weighted by Gasteiger charge is 2.32. The van der Waals surface area contributed by atoms with Crippen molar-refractivity contribution in [2.75, 3.05) is 18.2 Å². The second-order valence-electron chi connectivity index (χ2n) is 7.26. The van der Waals surface area contributed by atoms with Crippen LogP contribution >= 0.6 is 0 Å². The predicted octanol–water partition coefficient (Wildman–Crippen LogP) is 2.37. The molecular formula is C19H21N3O4. The number of aromatic amines is 1. The van der Waals surface area contributed by atoms with Gasteiger partial charge in [-0.25, -0.2) is 0 Å². The van der Waals surface area contributed by atoms with Gasteiger partial charge in [0.05, 0.1) is 12.8 Å². The highest BCUT2D eigenvalue weighted by atomic mass is 16.5. The van der Waals surface area contributed by atoms with Crippen molar-refractivity contribution < 1.29 is 14.3 Å². The van der Waals surface area contributed by atoms with Crippen LogP contribution in [0.2, 0.25) is 0 Å². The molecule has 136 valence electrons.